The summed E-state index contributed by atoms with van der Waals surface area (Å²) < 4.78 is 0. The van der Waals surface area contributed by atoms with Crippen LogP contribution in [0.15, 0.2) is 35.3 Å². The van der Waals surface area contributed by atoms with E-state index in [-0.39, 0.29) is 42.1 Å². The lowest BCUT2D eigenvalue weighted by atomic mass is 10.1. The number of fused-ring (bicyclic) bond motifs is 1. The first-order valence-corrected chi connectivity index (χ1v) is 9.68. The molecular weight excluding hydrogens is 442 g/mol. The molecule has 13 heteroatoms. The molecule has 1 atom stereocenters. The van der Waals surface area contributed by atoms with Gasteiger partial charge in [0.25, 0.3) is 11.5 Å². The Morgan fingerprint density at radius 1 is 1.19 bits per heavy atom. The van der Waals surface area contributed by atoms with Crippen LogP contribution in [-0.2, 0) is 16.1 Å². The van der Waals surface area contributed by atoms with Gasteiger partial charge in [-0.2, -0.15) is 4.98 Å². The second-order valence-corrected chi connectivity index (χ2v) is 7.10. The molecule has 6 N–H and O–H groups in total. The van der Waals surface area contributed by atoms with Crippen LogP contribution in [0.5, 0.6) is 0 Å². The number of anilines is 2. The van der Waals surface area contributed by atoms with E-state index in [1.54, 1.807) is 12.1 Å². The van der Waals surface area contributed by atoms with Gasteiger partial charge >= 0.3 is 5.97 Å². The molecule has 0 saturated heterocycles. The highest BCUT2D eigenvalue weighted by Gasteiger charge is 2.21. The first-order valence-electron chi connectivity index (χ1n) is 9.30. The number of nitrogens with one attached hydrogen (secondary N) is 3. The fraction of sp³-hybridized carbons (Fsp3) is 0.211. The van der Waals surface area contributed by atoms with Crippen molar-refractivity contribution in [2.45, 2.75) is 25.4 Å². The molecular formula is C19H18ClN7O5. The molecule has 3 rings (SSSR count). The maximum atomic E-state index is 12.3. The van der Waals surface area contributed by atoms with E-state index in [1.165, 1.54) is 18.3 Å². The molecule has 0 fully saturated rings. The molecule has 2 aromatic heterocycles. The third kappa shape index (κ3) is 5.76. The molecule has 32 heavy (non-hydrogen) atoms. The number of aliphatic carboxylic acids is 1. The number of carbonyl (C=O) groups excluding carboxylic acids is 2. The predicted octanol–water partition coefficient (Wildman–Crippen LogP) is 0.636. The second kappa shape index (κ2) is 9.83. The zero-order chi connectivity index (χ0) is 23.3. The number of nitrogens with zero attached hydrogens (tertiary/aromatic N) is 3. The minimum atomic E-state index is -1.26. The average Bonchev–Trinajstić information content (AvgIpc) is 2.75. The number of carboxylic acid groups (broad SMARTS) is 1. The molecule has 1 amide bonds. The maximum Gasteiger partial charge on any atom is 0.326 e. The highest BCUT2D eigenvalue weighted by atomic mass is 35.5. The highest BCUT2D eigenvalue weighted by Crippen LogP contribution is 2.12. The van der Waals surface area contributed by atoms with E-state index in [4.69, 9.17) is 17.3 Å². The lowest BCUT2D eigenvalue weighted by Crippen LogP contribution is -2.40. The Bertz CT molecular complexity index is 1230. The van der Waals surface area contributed by atoms with Gasteiger partial charge in [-0.05, 0) is 42.3 Å². The number of carbonyl (C=O) groups is 3. The van der Waals surface area contributed by atoms with E-state index in [0.29, 0.717) is 11.4 Å². The van der Waals surface area contributed by atoms with Crippen molar-refractivity contribution in [2.24, 2.45) is 0 Å². The number of nitrogens with two attached hydrogens (primary N) is 1. The summed E-state index contributed by atoms with van der Waals surface area (Å²) >= 11 is 5.23. The van der Waals surface area contributed by atoms with Gasteiger partial charge in [0.1, 0.15) is 6.04 Å². The number of H-pyrrole nitrogens is 1. The van der Waals surface area contributed by atoms with Crippen LogP contribution in [0.1, 0.15) is 28.9 Å². The zero-order valence-corrected chi connectivity index (χ0v) is 17.2. The minimum Gasteiger partial charge on any atom is -0.480 e. The molecule has 0 bridgehead atoms. The maximum absolute atomic E-state index is 12.3. The number of carboxylic acids is 1. The van der Waals surface area contributed by atoms with E-state index in [2.05, 4.69) is 30.6 Å². The summed E-state index contributed by atoms with van der Waals surface area (Å²) in [6.45, 7) is 0.242. The van der Waals surface area contributed by atoms with Gasteiger partial charge in [0.2, 0.25) is 11.2 Å². The molecule has 0 saturated carbocycles. The van der Waals surface area contributed by atoms with Crippen LogP contribution in [0, 0.1) is 0 Å². The van der Waals surface area contributed by atoms with Crippen LogP contribution in [0.25, 0.3) is 11.2 Å². The van der Waals surface area contributed by atoms with Gasteiger partial charge in [0, 0.05) is 17.7 Å². The van der Waals surface area contributed by atoms with E-state index in [1.807, 2.05) is 0 Å². The second-order valence-electron chi connectivity index (χ2n) is 6.67. The number of hydrogen-bond acceptors (Lipinski definition) is 9. The van der Waals surface area contributed by atoms with Crippen LogP contribution >= 0.6 is 11.6 Å². The van der Waals surface area contributed by atoms with Crippen molar-refractivity contribution in [2.75, 3.05) is 11.1 Å². The number of aromatic nitrogens is 4. The number of nitrogen functional groups attached to an aromatic ring is 1. The smallest absolute Gasteiger partial charge is 0.326 e. The SMILES string of the molecule is Nc1nc2ncc(CNc3ccc(C(=O)NC(CCC(=O)Cl)C(=O)O)cc3)nc2c(=O)[nH]1. The summed E-state index contributed by atoms with van der Waals surface area (Å²) in [5, 5.41) is 13.9. The quantitative estimate of drug-likeness (QED) is 0.283. The van der Waals surface area contributed by atoms with Crippen molar-refractivity contribution < 1.29 is 19.5 Å². The van der Waals surface area contributed by atoms with Gasteiger partial charge in [0.15, 0.2) is 11.2 Å². The molecule has 0 spiro atoms. The predicted molar refractivity (Wildman–Crippen MR) is 115 cm³/mol. The third-order valence-electron chi connectivity index (χ3n) is 4.34. The molecule has 0 aliphatic rings. The number of hydrogen-bond donors (Lipinski definition) is 5. The summed E-state index contributed by atoms with van der Waals surface area (Å²) in [5.41, 5.74) is 6.55. The normalized spacial score (nSPS) is 11.7. The number of aromatic amines is 1. The minimum absolute atomic E-state index is 0.0472. The fourth-order valence-corrected chi connectivity index (χ4v) is 2.85. The topological polar surface area (TPSA) is 193 Å². The van der Waals surface area contributed by atoms with Crippen molar-refractivity contribution in [3.05, 3.63) is 52.1 Å². The molecule has 2 heterocycles. The molecule has 0 aliphatic heterocycles. The van der Waals surface area contributed by atoms with Gasteiger partial charge < -0.3 is 21.5 Å². The molecule has 0 aliphatic carbocycles. The van der Waals surface area contributed by atoms with Gasteiger partial charge in [-0.15, -0.1) is 0 Å². The van der Waals surface area contributed by atoms with Crippen LogP contribution in [0.2, 0.25) is 0 Å². The lowest BCUT2D eigenvalue weighted by molar-refractivity contribution is -0.139. The summed E-state index contributed by atoms with van der Waals surface area (Å²) in [6, 6.07) is 5.02. The monoisotopic (exact) mass is 459 g/mol. The third-order valence-corrected chi connectivity index (χ3v) is 4.53. The van der Waals surface area contributed by atoms with E-state index < -0.39 is 28.7 Å². The van der Waals surface area contributed by atoms with Gasteiger partial charge in [-0.1, -0.05) is 0 Å². The van der Waals surface area contributed by atoms with Crippen molar-refractivity contribution in [1.82, 2.24) is 25.3 Å². The zero-order valence-electron chi connectivity index (χ0n) is 16.5. The van der Waals surface area contributed by atoms with Crippen molar-refractivity contribution in [3.63, 3.8) is 0 Å². The fourth-order valence-electron chi connectivity index (χ4n) is 2.74. The van der Waals surface area contributed by atoms with Crippen LogP contribution in [0.3, 0.4) is 0 Å². The number of halogens is 1. The van der Waals surface area contributed by atoms with Crippen LogP contribution in [-0.4, -0.2) is 48.2 Å². The molecule has 166 valence electrons. The van der Waals surface area contributed by atoms with Crippen LogP contribution in [0.4, 0.5) is 11.6 Å². The summed E-state index contributed by atoms with van der Waals surface area (Å²) in [7, 11) is 0. The highest BCUT2D eigenvalue weighted by molar-refractivity contribution is 6.63. The Labute approximate surface area is 185 Å². The first-order chi connectivity index (χ1) is 15.2. The van der Waals surface area contributed by atoms with Gasteiger partial charge in [-0.3, -0.25) is 19.4 Å². The average molecular weight is 460 g/mol. The van der Waals surface area contributed by atoms with Crippen molar-refractivity contribution in [3.8, 4) is 0 Å². The van der Waals surface area contributed by atoms with E-state index in [0.717, 1.165) is 0 Å². The van der Waals surface area contributed by atoms with Crippen molar-refractivity contribution >= 4 is 51.5 Å². The lowest BCUT2D eigenvalue weighted by Gasteiger charge is -2.14. The van der Waals surface area contributed by atoms with Gasteiger partial charge in [0.05, 0.1) is 18.4 Å². The standard InChI is InChI=1S/C19H18ClN7O5/c20-13(28)6-5-12(18(31)32)25-16(29)9-1-3-10(4-2-9)22-7-11-8-23-15-14(24-11)17(30)27-19(21)26-15/h1-4,8,12,22H,5-7H2,(H,25,29)(H,31,32)(H3,21,23,26,27,30). The number of amides is 1. The molecule has 1 aromatic carbocycles. The Morgan fingerprint density at radius 2 is 1.91 bits per heavy atom. The molecule has 3 aromatic rings. The first kappa shape index (κ1) is 22.6. The summed E-state index contributed by atoms with van der Waals surface area (Å²) in [6.07, 6.45) is 1.18. The Hall–Kier alpha value is -4.06. The molecule has 1 unspecified atom stereocenters. The largest absolute Gasteiger partial charge is 0.480 e. The van der Waals surface area contributed by atoms with Crippen LogP contribution < -0.4 is 21.9 Å². The van der Waals surface area contributed by atoms with E-state index >= 15 is 0 Å². The molecule has 0 radical (unpaired) electrons. The summed E-state index contributed by atoms with van der Waals surface area (Å²) in [4.78, 5) is 60.9. The number of benzene rings is 1. The Kier molecular flexibility index (Phi) is 6.95. The van der Waals surface area contributed by atoms with Crippen molar-refractivity contribution in [1.29, 1.82) is 0 Å². The summed E-state index contributed by atoms with van der Waals surface area (Å²) in [5.74, 6) is -1.91. The van der Waals surface area contributed by atoms with Gasteiger partial charge in [-0.25, -0.2) is 14.8 Å². The Morgan fingerprint density at radius 3 is 2.56 bits per heavy atom. The number of rotatable bonds is 9. The molecule has 12 nitrogen and oxygen atoms in total. The van der Waals surface area contributed by atoms with E-state index in [9.17, 15) is 24.3 Å². The Balaban J connectivity index is 1.62.